The van der Waals surface area contributed by atoms with E-state index in [1.165, 1.54) is 0 Å². The van der Waals surface area contributed by atoms with Gasteiger partial charge in [0, 0.05) is 11.8 Å². The predicted octanol–water partition coefficient (Wildman–Crippen LogP) is 6.00. The molecule has 0 aliphatic carbocycles. The van der Waals surface area contributed by atoms with E-state index in [1.807, 2.05) is 0 Å². The number of hydrogen-bond donors (Lipinski definition) is 0. The van der Waals surface area contributed by atoms with Crippen LogP contribution in [0.2, 0.25) is 0 Å². The van der Waals surface area contributed by atoms with E-state index in [2.05, 4.69) is 0 Å². The van der Waals surface area contributed by atoms with Crippen molar-refractivity contribution >= 4 is 104 Å². The van der Waals surface area contributed by atoms with Gasteiger partial charge in [-0.2, -0.15) is 0 Å². The van der Waals surface area contributed by atoms with Crippen molar-refractivity contribution in [1.29, 1.82) is 0 Å². The molecule has 0 aliphatic rings. The number of hydrogen-bond acceptors (Lipinski definition) is 0. The summed E-state index contributed by atoms with van der Waals surface area (Å²) in [6.07, 6.45) is 0. The summed E-state index contributed by atoms with van der Waals surface area (Å²) < 4.78 is -2.36. The Balaban J connectivity index is -0.000000117. The molecule has 0 aromatic carbocycles. The Labute approximate surface area is 123 Å². The summed E-state index contributed by atoms with van der Waals surface area (Å²) in [5.74, 6) is 1.11. The zero-order chi connectivity index (χ0) is 11.5. The third-order valence-corrected chi connectivity index (χ3v) is 0.643. The summed E-state index contributed by atoms with van der Waals surface area (Å²) in [5.41, 5.74) is 0. The van der Waals surface area contributed by atoms with Gasteiger partial charge in [-0.25, -0.2) is 0 Å². The first-order valence-electron chi connectivity index (χ1n) is 2.45. The second-order valence-corrected chi connectivity index (χ2v) is 7.22. The first-order chi connectivity index (χ1) is 5.65. The van der Waals surface area contributed by atoms with E-state index in [0.29, 0.717) is 11.8 Å². The number of halogens is 9. The third-order valence-electron chi connectivity index (χ3n) is 0.0714. The summed E-state index contributed by atoms with van der Waals surface area (Å²) >= 11 is 43.8. The third kappa shape index (κ3) is 178. The molecule has 0 unspecified atom stereocenters. The quantitative estimate of drug-likeness (QED) is 0.495. The smallest absolute Gasteiger partial charge is 0.125 e. The topological polar surface area (TPSA) is 0 Å². The lowest BCUT2D eigenvalue weighted by Crippen LogP contribution is -1.81. The largest absolute Gasteiger partial charge is 0.266 e. The van der Waals surface area contributed by atoms with Gasteiger partial charge in [-0.15, -0.1) is 23.2 Å². The Kier molecular flexibility index (Phi) is 23.5. The lowest BCUT2D eigenvalue weighted by Gasteiger charge is -1.91. The molecule has 0 radical (unpaired) electrons. The van der Waals surface area contributed by atoms with Gasteiger partial charge in [0.1, 0.15) is 0 Å². The molecule has 0 nitrogen and oxygen atoms in total. The van der Waals surface area contributed by atoms with Gasteiger partial charge in [-0.1, -0.05) is 81.2 Å². The van der Waals surface area contributed by atoms with Crippen molar-refractivity contribution in [2.75, 3.05) is 11.8 Å². The monoisotopic (exact) mass is 368 g/mol. The Bertz CT molecular complexity index is 65.4. The SMILES string of the molecule is ClC(Cl)(Cl)Cl.ClC(Cl)Cl.ClCCCl. The fraction of sp³-hybridized carbons (Fsp3) is 1.00. The van der Waals surface area contributed by atoms with Gasteiger partial charge in [0.2, 0.25) is 0 Å². The molecule has 0 rings (SSSR count). The molecule has 0 atom stereocenters. The predicted molar refractivity (Wildman–Crippen MR) is 68.9 cm³/mol. The van der Waals surface area contributed by atoms with Crippen LogP contribution in [0.3, 0.4) is 0 Å². The number of alkyl halides is 9. The standard InChI is InChI=1S/C2H4Cl2.CCl4.CHCl3/c3-1-2-4;2-1(3,4)5;2-1(3)4/h1-2H2;;1H. The molecule has 0 spiro atoms. The van der Waals surface area contributed by atoms with Gasteiger partial charge in [0.25, 0.3) is 3.25 Å². The lowest BCUT2D eigenvalue weighted by atomic mass is 11.0. The molecule has 0 heterocycles. The second kappa shape index (κ2) is 14.6. The van der Waals surface area contributed by atoms with Crippen molar-refractivity contribution in [3.8, 4) is 0 Å². The fourth-order valence-electron chi connectivity index (χ4n) is 0. The highest BCUT2D eigenvalue weighted by Gasteiger charge is 2.11. The average molecular weight is 372 g/mol. The molecule has 0 bridgehead atoms. The van der Waals surface area contributed by atoms with Crippen molar-refractivity contribution in [3.63, 3.8) is 0 Å². The zero-order valence-corrected chi connectivity index (χ0v) is 12.7. The molecule has 84 valence electrons. The minimum Gasteiger partial charge on any atom is -0.125 e. The lowest BCUT2D eigenvalue weighted by molar-refractivity contribution is 1.52. The van der Waals surface area contributed by atoms with Gasteiger partial charge in [-0.3, -0.25) is 0 Å². The van der Waals surface area contributed by atoms with E-state index in [-0.39, 0.29) is 0 Å². The highest BCUT2D eigenvalue weighted by atomic mass is 35.6. The van der Waals surface area contributed by atoms with Crippen LogP contribution in [0.15, 0.2) is 0 Å². The Morgan fingerprint density at radius 3 is 0.846 bits per heavy atom. The first kappa shape index (κ1) is 21.0. The minimum atomic E-state index is -1.61. The fourth-order valence-corrected chi connectivity index (χ4v) is 0. The van der Waals surface area contributed by atoms with Crippen LogP contribution in [0, 0.1) is 0 Å². The van der Waals surface area contributed by atoms with Crippen molar-refractivity contribution in [1.82, 2.24) is 0 Å². The normalized spacial score (nSPS) is 9.69. The minimum absolute atomic E-state index is 0.557. The van der Waals surface area contributed by atoms with Crippen LogP contribution < -0.4 is 0 Å². The molecule has 0 aliphatic heterocycles. The van der Waals surface area contributed by atoms with E-state index < -0.39 is 7.55 Å². The van der Waals surface area contributed by atoms with Crippen LogP contribution in [0.25, 0.3) is 0 Å². The highest BCUT2D eigenvalue weighted by molar-refractivity contribution is 6.83. The molecular weight excluding hydrogens is 367 g/mol. The van der Waals surface area contributed by atoms with Gasteiger partial charge >= 0.3 is 0 Å². The van der Waals surface area contributed by atoms with Crippen molar-refractivity contribution in [2.24, 2.45) is 0 Å². The summed E-state index contributed by atoms with van der Waals surface area (Å²) in [6.45, 7) is 0. The molecule has 0 aromatic rings. The van der Waals surface area contributed by atoms with Gasteiger partial charge in [0.15, 0.2) is 4.30 Å². The van der Waals surface area contributed by atoms with Gasteiger partial charge in [-0.05, 0) is 0 Å². The molecule has 0 saturated heterocycles. The van der Waals surface area contributed by atoms with Crippen LogP contribution in [-0.4, -0.2) is 19.3 Å². The molecule has 13 heavy (non-hydrogen) atoms. The number of rotatable bonds is 1. The Morgan fingerprint density at radius 2 is 0.846 bits per heavy atom. The zero-order valence-electron chi connectivity index (χ0n) is 5.89. The molecule has 9 heteroatoms. The van der Waals surface area contributed by atoms with E-state index in [4.69, 9.17) is 104 Å². The van der Waals surface area contributed by atoms with Crippen molar-refractivity contribution < 1.29 is 0 Å². The van der Waals surface area contributed by atoms with E-state index in [1.54, 1.807) is 0 Å². The van der Waals surface area contributed by atoms with Crippen LogP contribution in [-0.2, 0) is 0 Å². The first-order valence-corrected chi connectivity index (χ1v) is 6.34. The van der Waals surface area contributed by atoms with E-state index in [0.717, 1.165) is 0 Å². The maximum atomic E-state index is 5.05. The maximum absolute atomic E-state index is 5.05. The molecule has 0 saturated carbocycles. The van der Waals surface area contributed by atoms with Crippen LogP contribution in [0.1, 0.15) is 0 Å². The van der Waals surface area contributed by atoms with Gasteiger partial charge < -0.3 is 0 Å². The van der Waals surface area contributed by atoms with Crippen LogP contribution >= 0.6 is 104 Å². The Morgan fingerprint density at radius 1 is 0.769 bits per heavy atom. The van der Waals surface area contributed by atoms with Crippen LogP contribution in [0.4, 0.5) is 0 Å². The molecule has 0 fully saturated rings. The van der Waals surface area contributed by atoms with Gasteiger partial charge in [0.05, 0.1) is 0 Å². The summed E-state index contributed by atoms with van der Waals surface area (Å²) in [5, 5.41) is 0. The van der Waals surface area contributed by atoms with Crippen molar-refractivity contribution in [3.05, 3.63) is 0 Å². The molecule has 0 aromatic heterocycles. The maximum Gasteiger partial charge on any atom is 0.266 e. The van der Waals surface area contributed by atoms with Crippen LogP contribution in [0.5, 0.6) is 0 Å². The summed E-state index contributed by atoms with van der Waals surface area (Å²) in [6, 6.07) is 0. The second-order valence-electron chi connectivity index (χ2n) is 1.05. The Hall–Kier alpha value is 2.61. The molecular formula is C4H5Cl9. The highest BCUT2D eigenvalue weighted by Crippen LogP contribution is 2.29. The van der Waals surface area contributed by atoms with E-state index in [9.17, 15) is 0 Å². The van der Waals surface area contributed by atoms with Crippen molar-refractivity contribution in [2.45, 2.75) is 7.55 Å². The summed E-state index contributed by atoms with van der Waals surface area (Å²) in [4.78, 5) is 0. The van der Waals surface area contributed by atoms with E-state index >= 15 is 0 Å². The average Bonchev–Trinajstić information content (AvgIpc) is 1.82. The molecule has 0 N–H and O–H groups in total. The summed E-state index contributed by atoms with van der Waals surface area (Å²) in [7, 11) is 0. The molecule has 0 amide bonds.